The lowest BCUT2D eigenvalue weighted by Crippen LogP contribution is -2.05. The van der Waals surface area contributed by atoms with Gasteiger partial charge in [-0.25, -0.2) is 9.97 Å². The van der Waals surface area contributed by atoms with E-state index < -0.39 is 0 Å². The maximum atomic E-state index is 5.54. The molecule has 0 spiro atoms. The Morgan fingerprint density at radius 1 is 1.50 bits per heavy atom. The van der Waals surface area contributed by atoms with Crippen molar-refractivity contribution in [2.75, 3.05) is 0 Å². The Morgan fingerprint density at radius 2 is 2.38 bits per heavy atom. The molecule has 0 saturated heterocycles. The van der Waals surface area contributed by atoms with Crippen molar-refractivity contribution in [2.45, 2.75) is 32.9 Å². The Bertz CT molecular complexity index is 446. The lowest BCUT2D eigenvalue weighted by atomic mass is 10.3. The van der Waals surface area contributed by atoms with Gasteiger partial charge >= 0.3 is 0 Å². The molecule has 16 heavy (non-hydrogen) atoms. The maximum Gasteiger partial charge on any atom is 0.108 e. The summed E-state index contributed by atoms with van der Waals surface area (Å²) in [6.07, 6.45) is 5.98. The Kier molecular flexibility index (Phi) is 3.69. The lowest BCUT2D eigenvalue weighted by Gasteiger charge is -2.04. The molecule has 0 amide bonds. The van der Waals surface area contributed by atoms with Crippen LogP contribution in [0.5, 0.6) is 0 Å². The third-order valence-electron chi connectivity index (χ3n) is 2.38. The highest BCUT2D eigenvalue weighted by Gasteiger charge is 2.05. The van der Waals surface area contributed by atoms with E-state index in [0.29, 0.717) is 6.54 Å². The smallest absolute Gasteiger partial charge is 0.108 e. The van der Waals surface area contributed by atoms with Crippen LogP contribution in [0.1, 0.15) is 29.9 Å². The molecule has 0 atom stereocenters. The second-order valence-corrected chi connectivity index (χ2v) is 4.60. The molecule has 0 radical (unpaired) electrons. The topological polar surface area (TPSA) is 56.7 Å². The van der Waals surface area contributed by atoms with Crippen molar-refractivity contribution in [1.29, 1.82) is 0 Å². The van der Waals surface area contributed by atoms with E-state index in [1.165, 1.54) is 0 Å². The highest BCUT2D eigenvalue weighted by Crippen LogP contribution is 2.11. The zero-order valence-electron chi connectivity index (χ0n) is 9.39. The number of hydrogen-bond donors (Lipinski definition) is 1. The van der Waals surface area contributed by atoms with Crippen LogP contribution in [-0.4, -0.2) is 14.5 Å². The van der Waals surface area contributed by atoms with Crippen molar-refractivity contribution < 1.29 is 0 Å². The second kappa shape index (κ2) is 5.23. The molecule has 2 N–H and O–H groups in total. The molecular formula is C11H16N4S. The van der Waals surface area contributed by atoms with E-state index in [9.17, 15) is 0 Å². The molecule has 86 valence electrons. The molecule has 0 aliphatic rings. The van der Waals surface area contributed by atoms with E-state index in [0.717, 1.165) is 35.9 Å². The third-order valence-corrected chi connectivity index (χ3v) is 3.30. The largest absolute Gasteiger partial charge is 0.329 e. The predicted octanol–water partition coefficient (Wildman–Crippen LogP) is 1.80. The number of rotatable bonds is 5. The minimum absolute atomic E-state index is 0.524. The van der Waals surface area contributed by atoms with Crippen molar-refractivity contribution in [3.05, 3.63) is 34.3 Å². The molecule has 0 bridgehead atoms. The molecule has 0 aromatic carbocycles. The number of nitrogens with zero attached hydrogens (tertiary/aromatic N) is 3. The number of nitrogens with two attached hydrogens (primary N) is 1. The maximum absolute atomic E-state index is 5.54. The van der Waals surface area contributed by atoms with E-state index in [2.05, 4.69) is 26.8 Å². The van der Waals surface area contributed by atoms with E-state index in [4.69, 9.17) is 5.73 Å². The molecule has 5 heteroatoms. The standard InChI is InChI=1S/C11H16N4S/c1-2-3-10-13-4-5-15(10)7-9-8-16-11(6-12)14-9/h4-5,8H,2-3,6-7,12H2,1H3. The van der Waals surface area contributed by atoms with Crippen LogP contribution in [0.3, 0.4) is 0 Å². The van der Waals surface area contributed by atoms with Gasteiger partial charge in [-0.3, -0.25) is 0 Å². The van der Waals surface area contributed by atoms with Gasteiger partial charge in [-0.2, -0.15) is 0 Å². The summed E-state index contributed by atoms with van der Waals surface area (Å²) in [4.78, 5) is 8.79. The molecule has 2 aromatic rings. The summed E-state index contributed by atoms with van der Waals surface area (Å²) < 4.78 is 2.15. The molecule has 4 nitrogen and oxygen atoms in total. The van der Waals surface area contributed by atoms with Crippen LogP contribution in [0, 0.1) is 0 Å². The molecule has 0 aliphatic carbocycles. The van der Waals surface area contributed by atoms with E-state index >= 15 is 0 Å². The molecule has 2 aromatic heterocycles. The molecule has 0 unspecified atom stereocenters. The minimum Gasteiger partial charge on any atom is -0.329 e. The highest BCUT2D eigenvalue weighted by atomic mass is 32.1. The normalized spacial score (nSPS) is 10.9. The molecule has 2 heterocycles. The average Bonchev–Trinajstić information content (AvgIpc) is 2.90. The summed E-state index contributed by atoms with van der Waals surface area (Å²) in [6, 6.07) is 0. The molecule has 0 aliphatic heterocycles. The number of aromatic nitrogens is 3. The summed E-state index contributed by atoms with van der Waals surface area (Å²) in [5, 5.41) is 3.06. The van der Waals surface area contributed by atoms with E-state index in [1.807, 2.05) is 12.4 Å². The van der Waals surface area contributed by atoms with Gasteiger partial charge in [0.05, 0.1) is 12.2 Å². The van der Waals surface area contributed by atoms with Gasteiger partial charge in [-0.1, -0.05) is 6.92 Å². The van der Waals surface area contributed by atoms with E-state index in [1.54, 1.807) is 11.3 Å². The zero-order chi connectivity index (χ0) is 11.4. The summed E-state index contributed by atoms with van der Waals surface area (Å²) in [6.45, 7) is 3.48. The van der Waals surface area contributed by atoms with Crippen molar-refractivity contribution >= 4 is 11.3 Å². The summed E-state index contributed by atoms with van der Waals surface area (Å²) in [5.41, 5.74) is 6.61. The van der Waals surface area contributed by atoms with Crippen LogP contribution in [-0.2, 0) is 19.5 Å². The van der Waals surface area contributed by atoms with Gasteiger partial charge < -0.3 is 10.3 Å². The minimum atomic E-state index is 0.524. The van der Waals surface area contributed by atoms with Gasteiger partial charge in [-0.15, -0.1) is 11.3 Å². The van der Waals surface area contributed by atoms with Crippen LogP contribution >= 0.6 is 11.3 Å². The number of thiazole rings is 1. The first kappa shape index (κ1) is 11.3. The second-order valence-electron chi connectivity index (χ2n) is 3.66. The van der Waals surface area contributed by atoms with Crippen molar-refractivity contribution in [1.82, 2.24) is 14.5 Å². The van der Waals surface area contributed by atoms with Crippen LogP contribution in [0.15, 0.2) is 17.8 Å². The average molecular weight is 236 g/mol. The third kappa shape index (κ3) is 2.48. The van der Waals surface area contributed by atoms with Crippen LogP contribution in [0.2, 0.25) is 0 Å². The number of hydrogen-bond acceptors (Lipinski definition) is 4. The lowest BCUT2D eigenvalue weighted by molar-refractivity contribution is 0.694. The molecular weight excluding hydrogens is 220 g/mol. The van der Waals surface area contributed by atoms with E-state index in [-0.39, 0.29) is 0 Å². The predicted molar refractivity (Wildman–Crippen MR) is 65.3 cm³/mol. The van der Waals surface area contributed by atoms with Gasteiger partial charge in [0.15, 0.2) is 0 Å². The van der Waals surface area contributed by atoms with Crippen molar-refractivity contribution in [3.8, 4) is 0 Å². The van der Waals surface area contributed by atoms with Gasteiger partial charge in [0.2, 0.25) is 0 Å². The van der Waals surface area contributed by atoms with Crippen molar-refractivity contribution in [2.24, 2.45) is 5.73 Å². The monoisotopic (exact) mass is 236 g/mol. The Morgan fingerprint density at radius 3 is 3.06 bits per heavy atom. The van der Waals surface area contributed by atoms with Crippen LogP contribution in [0.4, 0.5) is 0 Å². The van der Waals surface area contributed by atoms with Crippen molar-refractivity contribution in [3.63, 3.8) is 0 Å². The Labute approximate surface area is 99.2 Å². The summed E-state index contributed by atoms with van der Waals surface area (Å²) in [7, 11) is 0. The SMILES string of the molecule is CCCc1nccn1Cc1csc(CN)n1. The fourth-order valence-corrected chi connectivity index (χ4v) is 2.29. The summed E-state index contributed by atoms with van der Waals surface area (Å²) >= 11 is 1.62. The quantitative estimate of drug-likeness (QED) is 0.861. The van der Waals surface area contributed by atoms with Gasteiger partial charge in [0.25, 0.3) is 0 Å². The molecule has 0 fully saturated rings. The van der Waals surface area contributed by atoms with Crippen LogP contribution in [0.25, 0.3) is 0 Å². The summed E-state index contributed by atoms with van der Waals surface area (Å²) in [5.74, 6) is 1.13. The molecule has 2 rings (SSSR count). The fourth-order valence-electron chi connectivity index (χ4n) is 1.63. The highest BCUT2D eigenvalue weighted by molar-refractivity contribution is 7.09. The zero-order valence-corrected chi connectivity index (χ0v) is 10.2. The Balaban J connectivity index is 2.10. The first-order valence-electron chi connectivity index (χ1n) is 5.46. The van der Waals surface area contributed by atoms with Crippen LogP contribution < -0.4 is 5.73 Å². The fraction of sp³-hybridized carbons (Fsp3) is 0.455. The number of aryl methyl sites for hydroxylation is 1. The van der Waals surface area contributed by atoms with Gasteiger partial charge in [0, 0.05) is 30.7 Å². The van der Waals surface area contributed by atoms with Gasteiger partial charge in [-0.05, 0) is 6.42 Å². The first-order valence-corrected chi connectivity index (χ1v) is 6.34. The Hall–Kier alpha value is -1.20. The first-order chi connectivity index (χ1) is 7.83. The number of imidazole rings is 1. The van der Waals surface area contributed by atoms with Gasteiger partial charge in [0.1, 0.15) is 10.8 Å². The molecule has 0 saturated carbocycles.